The number of nitro benzene ring substituents is 1. The van der Waals surface area contributed by atoms with Crippen molar-refractivity contribution >= 4 is 29.9 Å². The van der Waals surface area contributed by atoms with E-state index in [1.807, 2.05) is 0 Å². The van der Waals surface area contributed by atoms with E-state index in [2.05, 4.69) is 10.4 Å². The summed E-state index contributed by atoms with van der Waals surface area (Å²) in [5.74, 6) is -0.572. The average Bonchev–Trinajstić information content (AvgIpc) is 3.21. The van der Waals surface area contributed by atoms with Crippen molar-refractivity contribution in [1.82, 2.24) is 20.0 Å². The first-order chi connectivity index (χ1) is 13.5. The van der Waals surface area contributed by atoms with Gasteiger partial charge in [-0.15, -0.1) is 12.4 Å². The molecule has 1 saturated heterocycles. The van der Waals surface area contributed by atoms with E-state index in [0.29, 0.717) is 31.9 Å². The number of carbonyl (C=O) groups excluding carboxylic acids is 2. The first-order valence-corrected chi connectivity index (χ1v) is 9.07. The summed E-state index contributed by atoms with van der Waals surface area (Å²) in [5.41, 5.74) is 6.27. The van der Waals surface area contributed by atoms with Crippen molar-refractivity contribution in [2.24, 2.45) is 11.7 Å². The number of halogens is 1. The fraction of sp³-hybridized carbons (Fsp3) is 0.389. The summed E-state index contributed by atoms with van der Waals surface area (Å²) in [5, 5.41) is 17.8. The molecule has 1 unspecified atom stereocenters. The normalized spacial score (nSPS) is 16.0. The van der Waals surface area contributed by atoms with Gasteiger partial charge in [-0.05, 0) is 31.0 Å². The van der Waals surface area contributed by atoms with Crippen LogP contribution in [0.25, 0.3) is 5.69 Å². The highest BCUT2D eigenvalue weighted by Crippen LogP contribution is 2.19. The van der Waals surface area contributed by atoms with E-state index >= 15 is 0 Å². The fourth-order valence-electron chi connectivity index (χ4n) is 3.19. The van der Waals surface area contributed by atoms with Gasteiger partial charge in [-0.1, -0.05) is 0 Å². The van der Waals surface area contributed by atoms with Crippen molar-refractivity contribution in [2.75, 3.05) is 26.2 Å². The SMILES string of the molecule is Cl.NCCNC(=O)C1CCCN(C(=O)c2ccn(-c3ccc([N+](=O)[O-])cc3)n2)C1. The van der Waals surface area contributed by atoms with E-state index in [4.69, 9.17) is 5.73 Å². The van der Waals surface area contributed by atoms with Crippen LogP contribution >= 0.6 is 12.4 Å². The van der Waals surface area contributed by atoms with E-state index in [0.717, 1.165) is 12.8 Å². The Morgan fingerprint density at radius 3 is 2.66 bits per heavy atom. The molecule has 2 amide bonds. The largest absolute Gasteiger partial charge is 0.355 e. The van der Waals surface area contributed by atoms with E-state index in [1.54, 1.807) is 29.3 Å². The van der Waals surface area contributed by atoms with Crippen molar-refractivity contribution in [1.29, 1.82) is 0 Å². The van der Waals surface area contributed by atoms with Crippen molar-refractivity contribution < 1.29 is 14.5 Å². The van der Waals surface area contributed by atoms with Gasteiger partial charge in [-0.2, -0.15) is 5.10 Å². The predicted molar refractivity (Wildman–Crippen MR) is 108 cm³/mol. The van der Waals surface area contributed by atoms with E-state index in [-0.39, 0.29) is 41.5 Å². The minimum absolute atomic E-state index is 0. The monoisotopic (exact) mass is 422 g/mol. The quantitative estimate of drug-likeness (QED) is 0.528. The first kappa shape index (κ1) is 22.3. The van der Waals surface area contributed by atoms with Crippen LogP contribution in [-0.4, -0.2) is 57.6 Å². The minimum atomic E-state index is -0.474. The van der Waals surface area contributed by atoms with Crippen LogP contribution in [0.4, 0.5) is 5.69 Å². The molecule has 1 fully saturated rings. The lowest BCUT2D eigenvalue weighted by Gasteiger charge is -2.31. The number of nitrogens with zero attached hydrogens (tertiary/aromatic N) is 4. The first-order valence-electron chi connectivity index (χ1n) is 9.07. The molecule has 0 bridgehead atoms. The van der Waals surface area contributed by atoms with Crippen LogP contribution < -0.4 is 11.1 Å². The van der Waals surface area contributed by atoms with Crippen LogP contribution in [0.3, 0.4) is 0 Å². The van der Waals surface area contributed by atoms with E-state index in [1.165, 1.54) is 16.8 Å². The molecule has 29 heavy (non-hydrogen) atoms. The zero-order chi connectivity index (χ0) is 20.1. The second-order valence-corrected chi connectivity index (χ2v) is 6.59. The van der Waals surface area contributed by atoms with Crippen LogP contribution in [0.5, 0.6) is 0 Å². The maximum absolute atomic E-state index is 12.8. The average molecular weight is 423 g/mol. The Kier molecular flexibility index (Phi) is 7.68. The number of hydrogen-bond acceptors (Lipinski definition) is 6. The Morgan fingerprint density at radius 2 is 2.00 bits per heavy atom. The van der Waals surface area contributed by atoms with Gasteiger partial charge in [0, 0.05) is 44.5 Å². The number of hydrogen-bond donors (Lipinski definition) is 2. The molecule has 1 atom stereocenters. The Hall–Kier alpha value is -2.98. The Bertz CT molecular complexity index is 869. The van der Waals surface area contributed by atoms with Crippen molar-refractivity contribution in [2.45, 2.75) is 12.8 Å². The zero-order valence-corrected chi connectivity index (χ0v) is 16.5. The second kappa shape index (κ2) is 9.99. The number of likely N-dealkylation sites (tertiary alicyclic amines) is 1. The summed E-state index contributed by atoms with van der Waals surface area (Å²) >= 11 is 0. The highest BCUT2D eigenvalue weighted by atomic mass is 35.5. The van der Waals surface area contributed by atoms with Crippen LogP contribution in [-0.2, 0) is 4.79 Å². The summed E-state index contributed by atoms with van der Waals surface area (Å²) < 4.78 is 1.49. The molecule has 156 valence electrons. The molecule has 10 nitrogen and oxygen atoms in total. The zero-order valence-electron chi connectivity index (χ0n) is 15.7. The third-order valence-corrected chi connectivity index (χ3v) is 4.66. The number of non-ortho nitro benzene ring substituents is 1. The molecular formula is C18H23ClN6O4. The Labute approximate surface area is 173 Å². The number of carbonyl (C=O) groups is 2. The predicted octanol–water partition coefficient (Wildman–Crippen LogP) is 1.13. The molecule has 1 aliphatic heterocycles. The van der Waals surface area contributed by atoms with Gasteiger partial charge in [-0.25, -0.2) is 4.68 Å². The van der Waals surface area contributed by atoms with Crippen LogP contribution in [0, 0.1) is 16.0 Å². The summed E-state index contributed by atoms with van der Waals surface area (Å²) in [4.78, 5) is 36.8. The van der Waals surface area contributed by atoms with Gasteiger partial charge in [0.2, 0.25) is 5.91 Å². The summed E-state index contributed by atoms with van der Waals surface area (Å²) in [7, 11) is 0. The fourth-order valence-corrected chi connectivity index (χ4v) is 3.19. The maximum Gasteiger partial charge on any atom is 0.274 e. The van der Waals surface area contributed by atoms with Crippen molar-refractivity contribution in [3.05, 3.63) is 52.3 Å². The molecule has 2 aromatic rings. The lowest BCUT2D eigenvalue weighted by Crippen LogP contribution is -2.46. The third-order valence-electron chi connectivity index (χ3n) is 4.66. The van der Waals surface area contributed by atoms with Crippen LogP contribution in [0.1, 0.15) is 23.3 Å². The van der Waals surface area contributed by atoms with Gasteiger partial charge in [0.25, 0.3) is 11.6 Å². The summed E-state index contributed by atoms with van der Waals surface area (Å²) in [6, 6.07) is 7.50. The highest BCUT2D eigenvalue weighted by molar-refractivity contribution is 5.93. The van der Waals surface area contributed by atoms with Gasteiger partial charge in [0.05, 0.1) is 16.5 Å². The molecule has 1 aliphatic rings. The standard InChI is InChI=1S/C18H22N6O4.ClH/c19-8-9-20-17(25)13-2-1-10-22(12-13)18(26)16-7-11-23(21-16)14-3-5-15(6-4-14)24(27)28;/h3-7,11,13H,1-2,8-10,12,19H2,(H,20,25);1H. The Balaban J connectivity index is 0.00000300. The molecule has 0 aliphatic carbocycles. The number of amides is 2. The molecule has 3 rings (SSSR count). The number of nitro groups is 1. The molecule has 0 spiro atoms. The highest BCUT2D eigenvalue weighted by Gasteiger charge is 2.29. The van der Waals surface area contributed by atoms with Gasteiger partial charge >= 0.3 is 0 Å². The number of aromatic nitrogens is 2. The van der Waals surface area contributed by atoms with E-state index in [9.17, 15) is 19.7 Å². The molecule has 3 N–H and O–H groups in total. The molecule has 2 heterocycles. The number of rotatable bonds is 6. The summed E-state index contributed by atoms with van der Waals surface area (Å²) in [6.07, 6.45) is 3.11. The molecule has 0 saturated carbocycles. The van der Waals surface area contributed by atoms with Gasteiger partial charge < -0.3 is 16.0 Å². The summed E-state index contributed by atoms with van der Waals surface area (Å²) in [6.45, 7) is 1.72. The second-order valence-electron chi connectivity index (χ2n) is 6.59. The van der Waals surface area contributed by atoms with Crippen molar-refractivity contribution in [3.8, 4) is 5.69 Å². The van der Waals surface area contributed by atoms with Gasteiger partial charge in [0.15, 0.2) is 5.69 Å². The number of piperidine rings is 1. The Morgan fingerprint density at radius 1 is 1.28 bits per heavy atom. The van der Waals surface area contributed by atoms with Crippen molar-refractivity contribution in [3.63, 3.8) is 0 Å². The number of nitrogens with one attached hydrogen (secondary N) is 1. The lowest BCUT2D eigenvalue weighted by atomic mass is 9.97. The smallest absolute Gasteiger partial charge is 0.274 e. The van der Waals surface area contributed by atoms with Gasteiger partial charge in [-0.3, -0.25) is 19.7 Å². The third kappa shape index (κ3) is 5.30. The van der Waals surface area contributed by atoms with Gasteiger partial charge in [0.1, 0.15) is 0 Å². The molecule has 1 aromatic heterocycles. The van der Waals surface area contributed by atoms with Crippen LogP contribution in [0.15, 0.2) is 36.5 Å². The number of benzene rings is 1. The molecule has 1 aromatic carbocycles. The molecule has 11 heteroatoms. The maximum atomic E-state index is 12.8. The lowest BCUT2D eigenvalue weighted by molar-refractivity contribution is -0.384. The topological polar surface area (TPSA) is 136 Å². The van der Waals surface area contributed by atoms with Crippen LogP contribution in [0.2, 0.25) is 0 Å². The number of nitrogens with two attached hydrogens (primary N) is 1. The molecule has 0 radical (unpaired) electrons. The molecular weight excluding hydrogens is 400 g/mol. The minimum Gasteiger partial charge on any atom is -0.355 e. The van der Waals surface area contributed by atoms with E-state index < -0.39 is 4.92 Å².